The standard InChI is InChI=1S/C20H13F5N4O4S2/c1-27-16(31)13-8(6-34-17(13)28(2)19(27)32)5-12(30)29(33)18-26-11(7-35-18)9-3-4-10(21)14(15(9)22)20(23,24)25/h3-4,6-7,29H,5H2,1-2H3. The van der Waals surface area contributed by atoms with Gasteiger partial charge in [0.2, 0.25) is 0 Å². The van der Waals surface area contributed by atoms with Gasteiger partial charge in [0.25, 0.3) is 10.7 Å². The molecule has 1 unspecified atom stereocenters. The summed E-state index contributed by atoms with van der Waals surface area (Å²) in [5.74, 6) is -4.66. The number of hydroxylamine groups is 1. The molecule has 1 aromatic carbocycles. The zero-order valence-electron chi connectivity index (χ0n) is 17.7. The number of quaternary nitrogens is 1. The second kappa shape index (κ2) is 8.75. The summed E-state index contributed by atoms with van der Waals surface area (Å²) in [5, 5.41) is 13.8. The number of thiophene rings is 1. The van der Waals surface area contributed by atoms with Crippen LogP contribution in [0.1, 0.15) is 11.1 Å². The fourth-order valence-electron chi connectivity index (χ4n) is 3.44. The predicted octanol–water partition coefficient (Wildman–Crippen LogP) is 2.50. The summed E-state index contributed by atoms with van der Waals surface area (Å²) in [7, 11) is 2.72. The van der Waals surface area contributed by atoms with Crippen LogP contribution in [0.2, 0.25) is 0 Å². The second-order valence-electron chi connectivity index (χ2n) is 7.40. The average molecular weight is 532 g/mol. The van der Waals surface area contributed by atoms with Crippen LogP contribution in [-0.4, -0.2) is 20.0 Å². The number of amides is 1. The third-order valence-corrected chi connectivity index (χ3v) is 7.14. The van der Waals surface area contributed by atoms with Gasteiger partial charge in [-0.2, -0.15) is 18.2 Å². The minimum Gasteiger partial charge on any atom is -0.619 e. The maximum absolute atomic E-state index is 14.4. The Morgan fingerprint density at radius 2 is 1.80 bits per heavy atom. The number of fused-ring (bicyclic) bond motifs is 1. The largest absolute Gasteiger partial charge is 0.619 e. The molecule has 1 N–H and O–H groups in total. The van der Waals surface area contributed by atoms with E-state index in [1.54, 1.807) is 0 Å². The van der Waals surface area contributed by atoms with Crippen molar-refractivity contribution < 1.29 is 31.8 Å². The second-order valence-corrected chi connectivity index (χ2v) is 9.11. The van der Waals surface area contributed by atoms with Crippen molar-refractivity contribution in [1.82, 2.24) is 14.1 Å². The number of alkyl halides is 3. The molecule has 1 atom stereocenters. The molecular weight excluding hydrogens is 519 g/mol. The number of nitrogens with one attached hydrogen (secondary N) is 1. The Kier molecular flexibility index (Phi) is 6.21. The van der Waals surface area contributed by atoms with Crippen LogP contribution in [0.4, 0.5) is 27.1 Å². The SMILES string of the molecule is Cn1c(=O)c2c(CC(=O)[NH+]([O-])c3nc(-c4ccc(F)c(C(F)(F)F)c4F)cs3)csc2n(C)c1=O. The average Bonchev–Trinajstić information content (AvgIpc) is 3.42. The highest BCUT2D eigenvalue weighted by Gasteiger charge is 2.39. The van der Waals surface area contributed by atoms with Crippen LogP contribution < -0.4 is 16.3 Å². The monoisotopic (exact) mass is 532 g/mol. The third-order valence-electron chi connectivity index (χ3n) is 5.20. The fraction of sp³-hybridized carbons (Fsp3) is 0.200. The van der Waals surface area contributed by atoms with Crippen LogP contribution in [-0.2, 0) is 31.5 Å². The first-order valence-electron chi connectivity index (χ1n) is 9.57. The van der Waals surface area contributed by atoms with Gasteiger partial charge in [0, 0.05) is 25.0 Å². The Bertz CT molecular complexity index is 1600. The molecule has 4 aromatic rings. The molecule has 0 saturated carbocycles. The van der Waals surface area contributed by atoms with Crippen LogP contribution >= 0.6 is 22.7 Å². The van der Waals surface area contributed by atoms with Crippen molar-refractivity contribution in [3.63, 3.8) is 0 Å². The lowest BCUT2D eigenvalue weighted by Crippen LogP contribution is -3.05. The summed E-state index contributed by atoms with van der Waals surface area (Å²) in [6, 6.07) is 1.19. The van der Waals surface area contributed by atoms with Crippen LogP contribution in [0.3, 0.4) is 0 Å². The highest BCUT2D eigenvalue weighted by atomic mass is 32.1. The Morgan fingerprint density at radius 1 is 1.11 bits per heavy atom. The number of halogens is 5. The molecule has 0 aliphatic carbocycles. The van der Waals surface area contributed by atoms with Crippen molar-refractivity contribution in [3.8, 4) is 11.3 Å². The molecule has 0 spiro atoms. The molecule has 0 saturated heterocycles. The van der Waals surface area contributed by atoms with E-state index < -0.39 is 62.7 Å². The van der Waals surface area contributed by atoms with Crippen molar-refractivity contribution in [2.24, 2.45) is 14.1 Å². The van der Waals surface area contributed by atoms with Gasteiger partial charge in [0.15, 0.2) is 0 Å². The maximum Gasteiger partial charge on any atom is 0.422 e. The summed E-state index contributed by atoms with van der Waals surface area (Å²) < 4.78 is 69.1. The molecule has 0 aliphatic heterocycles. The molecule has 3 aromatic heterocycles. The Balaban J connectivity index is 1.64. The molecule has 184 valence electrons. The van der Waals surface area contributed by atoms with Gasteiger partial charge >= 0.3 is 17.8 Å². The molecule has 35 heavy (non-hydrogen) atoms. The maximum atomic E-state index is 14.4. The molecule has 0 fully saturated rings. The van der Waals surface area contributed by atoms with Gasteiger partial charge in [-0.3, -0.25) is 19.0 Å². The molecule has 1 amide bonds. The number of carbonyl (C=O) groups is 1. The quantitative estimate of drug-likeness (QED) is 0.322. The van der Waals surface area contributed by atoms with Gasteiger partial charge in [-0.05, 0) is 23.1 Å². The first kappa shape index (κ1) is 24.8. The van der Waals surface area contributed by atoms with Gasteiger partial charge in [-0.1, -0.05) is 11.3 Å². The number of hydrogen-bond donors (Lipinski definition) is 1. The van der Waals surface area contributed by atoms with Crippen LogP contribution in [0.15, 0.2) is 32.5 Å². The van der Waals surface area contributed by atoms with Gasteiger partial charge in [0.1, 0.15) is 22.0 Å². The van der Waals surface area contributed by atoms with Gasteiger partial charge < -0.3 is 5.21 Å². The summed E-state index contributed by atoms with van der Waals surface area (Å²) in [6.07, 6.45) is -5.79. The summed E-state index contributed by atoms with van der Waals surface area (Å²) in [6.45, 7) is 0. The zero-order valence-corrected chi connectivity index (χ0v) is 19.3. The summed E-state index contributed by atoms with van der Waals surface area (Å²) in [4.78, 5) is 41.3. The number of aryl methyl sites for hydroxylation is 1. The van der Waals surface area contributed by atoms with Gasteiger partial charge in [-0.15, -0.1) is 11.3 Å². The van der Waals surface area contributed by atoms with Gasteiger partial charge in [0.05, 0.1) is 17.5 Å². The first-order valence-corrected chi connectivity index (χ1v) is 11.3. The van der Waals surface area contributed by atoms with E-state index in [9.17, 15) is 41.5 Å². The predicted molar refractivity (Wildman–Crippen MR) is 117 cm³/mol. The smallest absolute Gasteiger partial charge is 0.422 e. The lowest BCUT2D eigenvalue weighted by Gasteiger charge is -2.15. The van der Waals surface area contributed by atoms with Crippen LogP contribution in [0.5, 0.6) is 0 Å². The van der Waals surface area contributed by atoms with Crippen molar-refractivity contribution in [2.45, 2.75) is 12.6 Å². The fourth-order valence-corrected chi connectivity index (χ4v) is 5.24. The van der Waals surface area contributed by atoms with Crippen LogP contribution in [0, 0.1) is 16.8 Å². The Hall–Kier alpha value is -3.27. The number of rotatable bonds is 4. The number of aromatic nitrogens is 3. The first-order chi connectivity index (χ1) is 16.3. The molecule has 0 radical (unpaired) electrons. The van der Waals surface area contributed by atoms with E-state index in [1.807, 2.05) is 0 Å². The van der Waals surface area contributed by atoms with E-state index in [-0.39, 0.29) is 16.6 Å². The molecule has 15 heteroatoms. The number of thiazole rings is 1. The molecule has 3 heterocycles. The lowest BCUT2D eigenvalue weighted by atomic mass is 10.1. The minimum atomic E-state index is -5.29. The number of benzene rings is 1. The molecule has 8 nitrogen and oxygen atoms in total. The topological polar surface area (TPSA) is 101 Å². The molecule has 0 bridgehead atoms. The van der Waals surface area contributed by atoms with E-state index >= 15 is 0 Å². The highest BCUT2D eigenvalue weighted by molar-refractivity contribution is 7.17. The Morgan fingerprint density at radius 3 is 2.46 bits per heavy atom. The van der Waals surface area contributed by atoms with E-state index in [4.69, 9.17) is 0 Å². The number of carbonyl (C=O) groups excluding carboxylic acids is 1. The van der Waals surface area contributed by atoms with Crippen molar-refractivity contribution in [1.29, 1.82) is 0 Å². The van der Waals surface area contributed by atoms with Crippen LogP contribution in [0.25, 0.3) is 21.5 Å². The van der Waals surface area contributed by atoms with Crippen molar-refractivity contribution >= 4 is 43.9 Å². The number of nitrogens with zero attached hydrogens (tertiary/aromatic N) is 3. The highest BCUT2D eigenvalue weighted by Crippen LogP contribution is 2.37. The third kappa shape index (κ3) is 4.20. The van der Waals surface area contributed by atoms with E-state index in [0.29, 0.717) is 22.2 Å². The Labute approximate surface area is 199 Å². The summed E-state index contributed by atoms with van der Waals surface area (Å²) in [5.41, 5.74) is -4.13. The van der Waals surface area contributed by atoms with E-state index in [2.05, 4.69) is 4.98 Å². The summed E-state index contributed by atoms with van der Waals surface area (Å²) >= 11 is 1.64. The molecule has 4 rings (SSSR count). The molecule has 0 aliphatic rings. The minimum absolute atomic E-state index is 0.105. The molecular formula is C20H13F5N4O4S2. The van der Waals surface area contributed by atoms with Crippen molar-refractivity contribution in [2.75, 3.05) is 0 Å². The van der Waals surface area contributed by atoms with E-state index in [0.717, 1.165) is 27.4 Å². The van der Waals surface area contributed by atoms with Crippen molar-refractivity contribution in [3.05, 3.63) is 71.7 Å². The van der Waals surface area contributed by atoms with E-state index in [1.165, 1.54) is 24.0 Å². The normalized spacial score (nSPS) is 12.9. The lowest BCUT2D eigenvalue weighted by molar-refractivity contribution is -0.688. The zero-order chi connectivity index (χ0) is 25.8. The van der Waals surface area contributed by atoms with Gasteiger partial charge in [-0.25, -0.2) is 18.4 Å². The number of hydrogen-bond acceptors (Lipinski definition) is 7.